The van der Waals surface area contributed by atoms with Crippen molar-refractivity contribution in [3.63, 3.8) is 0 Å². The zero-order valence-electron chi connectivity index (χ0n) is 12.0. The lowest BCUT2D eigenvalue weighted by Crippen LogP contribution is -2.37. The summed E-state index contributed by atoms with van der Waals surface area (Å²) < 4.78 is 39.8. The second-order valence-corrected chi connectivity index (χ2v) is 8.08. The van der Waals surface area contributed by atoms with Gasteiger partial charge in [0.25, 0.3) is 0 Å². The molecule has 1 atom stereocenters. The van der Waals surface area contributed by atoms with E-state index in [-0.39, 0.29) is 17.0 Å². The van der Waals surface area contributed by atoms with Crippen LogP contribution in [0, 0.1) is 11.2 Å². The lowest BCUT2D eigenvalue weighted by Gasteiger charge is -2.31. The fourth-order valence-electron chi connectivity index (χ4n) is 1.88. The molecule has 6 heteroatoms. The van der Waals surface area contributed by atoms with Crippen LogP contribution >= 0.6 is 11.6 Å². The van der Waals surface area contributed by atoms with Gasteiger partial charge in [0.2, 0.25) is 10.0 Å². The number of halogens is 2. The number of hydrogen-bond donors (Lipinski definition) is 1. The van der Waals surface area contributed by atoms with E-state index < -0.39 is 16.1 Å². The third-order valence-corrected chi connectivity index (χ3v) is 4.60. The second-order valence-electron chi connectivity index (χ2n) is 5.83. The maximum atomic E-state index is 13.0. The van der Waals surface area contributed by atoms with Gasteiger partial charge in [-0.25, -0.2) is 17.5 Å². The van der Waals surface area contributed by atoms with E-state index in [2.05, 4.69) is 4.72 Å². The Hall–Kier alpha value is -0.650. The Morgan fingerprint density at radius 3 is 2.25 bits per heavy atom. The van der Waals surface area contributed by atoms with Gasteiger partial charge in [-0.2, -0.15) is 0 Å². The van der Waals surface area contributed by atoms with Crippen molar-refractivity contribution >= 4 is 21.6 Å². The van der Waals surface area contributed by atoms with Crippen LogP contribution < -0.4 is 4.72 Å². The predicted octanol–water partition coefficient (Wildman–Crippen LogP) is 3.46. The minimum absolute atomic E-state index is 0.00965. The molecule has 1 aromatic rings. The van der Waals surface area contributed by atoms with Gasteiger partial charge in [0.15, 0.2) is 0 Å². The number of rotatable bonds is 6. The van der Waals surface area contributed by atoms with Gasteiger partial charge >= 0.3 is 0 Å². The fraction of sp³-hybridized carbons (Fsp3) is 0.571. The van der Waals surface area contributed by atoms with Crippen molar-refractivity contribution in [2.75, 3.05) is 11.6 Å². The first-order chi connectivity index (χ1) is 9.15. The summed E-state index contributed by atoms with van der Waals surface area (Å²) in [4.78, 5) is 0. The SMILES string of the molecule is CC(C)(C)C(NS(=O)(=O)CCCCl)c1ccc(F)cc1. The number of sulfonamides is 1. The molecule has 0 saturated heterocycles. The van der Waals surface area contributed by atoms with E-state index in [0.717, 1.165) is 5.56 Å². The van der Waals surface area contributed by atoms with E-state index in [4.69, 9.17) is 11.6 Å². The van der Waals surface area contributed by atoms with Crippen LogP contribution in [-0.2, 0) is 10.0 Å². The number of hydrogen-bond acceptors (Lipinski definition) is 2. The van der Waals surface area contributed by atoms with Crippen LogP contribution in [0.4, 0.5) is 4.39 Å². The minimum atomic E-state index is -3.41. The lowest BCUT2D eigenvalue weighted by atomic mass is 9.83. The summed E-state index contributed by atoms with van der Waals surface area (Å²) in [5.41, 5.74) is 0.416. The summed E-state index contributed by atoms with van der Waals surface area (Å²) in [5, 5.41) is 0. The molecule has 0 radical (unpaired) electrons. The standard InChI is InChI=1S/C14H21ClFNO2S/c1-14(2,3)13(11-5-7-12(16)8-6-11)17-20(18,19)10-4-9-15/h5-8,13,17H,4,9-10H2,1-3H3. The van der Waals surface area contributed by atoms with Crippen molar-refractivity contribution in [2.24, 2.45) is 5.41 Å². The highest BCUT2D eigenvalue weighted by atomic mass is 35.5. The molecule has 1 unspecified atom stereocenters. The Bertz CT molecular complexity index is 523. The molecular formula is C14H21ClFNO2S. The highest BCUT2D eigenvalue weighted by Gasteiger charge is 2.30. The van der Waals surface area contributed by atoms with E-state index >= 15 is 0 Å². The van der Waals surface area contributed by atoms with Gasteiger partial charge in [0, 0.05) is 5.88 Å². The predicted molar refractivity (Wildman–Crippen MR) is 80.9 cm³/mol. The Kier molecular flexibility index (Phi) is 5.98. The molecule has 0 aliphatic heterocycles. The van der Waals surface area contributed by atoms with Crippen LogP contribution in [0.2, 0.25) is 0 Å². The van der Waals surface area contributed by atoms with Crippen LogP contribution in [-0.4, -0.2) is 20.1 Å². The van der Waals surface area contributed by atoms with Gasteiger partial charge in [-0.05, 0) is 29.5 Å². The number of alkyl halides is 1. The number of nitrogens with one attached hydrogen (secondary N) is 1. The van der Waals surface area contributed by atoms with Crippen LogP contribution in [0.25, 0.3) is 0 Å². The molecule has 114 valence electrons. The molecule has 1 rings (SSSR count). The van der Waals surface area contributed by atoms with Gasteiger partial charge in [-0.1, -0.05) is 32.9 Å². The Labute approximate surface area is 125 Å². The molecule has 1 N–H and O–H groups in total. The van der Waals surface area contributed by atoms with E-state index in [0.29, 0.717) is 12.3 Å². The van der Waals surface area contributed by atoms with Gasteiger partial charge < -0.3 is 0 Å². The molecule has 0 aliphatic carbocycles. The Balaban J connectivity index is 3.00. The fourth-order valence-corrected chi connectivity index (χ4v) is 3.67. The van der Waals surface area contributed by atoms with Crippen molar-refractivity contribution in [2.45, 2.75) is 33.2 Å². The molecule has 20 heavy (non-hydrogen) atoms. The first-order valence-corrected chi connectivity index (χ1v) is 8.66. The summed E-state index contributed by atoms with van der Waals surface area (Å²) in [5.74, 6) is -0.0477. The second kappa shape index (κ2) is 6.87. The van der Waals surface area contributed by atoms with E-state index in [1.165, 1.54) is 12.1 Å². The first kappa shape index (κ1) is 17.4. The molecule has 1 aromatic carbocycles. The van der Waals surface area contributed by atoms with Gasteiger partial charge in [0.1, 0.15) is 5.82 Å². The van der Waals surface area contributed by atoms with Crippen LogP contribution in [0.5, 0.6) is 0 Å². The van der Waals surface area contributed by atoms with Crippen molar-refractivity contribution in [1.82, 2.24) is 4.72 Å². The summed E-state index contributed by atoms with van der Waals surface area (Å²) in [6, 6.07) is 5.47. The Morgan fingerprint density at radius 2 is 1.80 bits per heavy atom. The van der Waals surface area contributed by atoms with Crippen molar-refractivity contribution < 1.29 is 12.8 Å². The van der Waals surface area contributed by atoms with Crippen LogP contribution in [0.15, 0.2) is 24.3 Å². The smallest absolute Gasteiger partial charge is 0.212 e. The van der Waals surface area contributed by atoms with E-state index in [1.54, 1.807) is 12.1 Å². The average molecular weight is 322 g/mol. The van der Waals surface area contributed by atoms with E-state index in [1.807, 2.05) is 20.8 Å². The van der Waals surface area contributed by atoms with Gasteiger partial charge in [-0.3, -0.25) is 0 Å². The Morgan fingerprint density at radius 1 is 1.25 bits per heavy atom. The summed E-state index contributed by atoms with van der Waals surface area (Å²) in [6.45, 7) is 5.81. The van der Waals surface area contributed by atoms with Crippen molar-refractivity contribution in [3.8, 4) is 0 Å². The molecule has 0 saturated carbocycles. The zero-order valence-corrected chi connectivity index (χ0v) is 13.6. The molecule has 0 aliphatic rings. The summed E-state index contributed by atoms with van der Waals surface area (Å²) in [6.07, 6.45) is 0.400. The molecule has 0 fully saturated rings. The molecule has 0 heterocycles. The highest BCUT2D eigenvalue weighted by molar-refractivity contribution is 7.89. The monoisotopic (exact) mass is 321 g/mol. The van der Waals surface area contributed by atoms with Gasteiger partial charge in [0.05, 0.1) is 11.8 Å². The molecule has 0 amide bonds. The largest absolute Gasteiger partial charge is 0.212 e. The molecule has 0 bridgehead atoms. The average Bonchev–Trinajstić information content (AvgIpc) is 2.34. The number of benzene rings is 1. The third-order valence-electron chi connectivity index (χ3n) is 2.91. The maximum absolute atomic E-state index is 13.0. The molecule has 3 nitrogen and oxygen atoms in total. The quantitative estimate of drug-likeness (QED) is 0.816. The first-order valence-electron chi connectivity index (χ1n) is 6.47. The molecule has 0 spiro atoms. The zero-order chi connectivity index (χ0) is 15.4. The maximum Gasteiger partial charge on any atom is 0.212 e. The highest BCUT2D eigenvalue weighted by Crippen LogP contribution is 2.33. The molecule has 0 aromatic heterocycles. The van der Waals surface area contributed by atoms with Gasteiger partial charge in [-0.15, -0.1) is 11.6 Å². The van der Waals surface area contributed by atoms with E-state index in [9.17, 15) is 12.8 Å². The third kappa shape index (κ3) is 5.38. The minimum Gasteiger partial charge on any atom is -0.212 e. The molecular weight excluding hydrogens is 301 g/mol. The van der Waals surface area contributed by atoms with Crippen molar-refractivity contribution in [1.29, 1.82) is 0 Å². The normalized spacial score (nSPS) is 14.2. The summed E-state index contributed by atoms with van der Waals surface area (Å²) >= 11 is 5.53. The van der Waals surface area contributed by atoms with Crippen molar-refractivity contribution in [3.05, 3.63) is 35.6 Å². The summed E-state index contributed by atoms with van der Waals surface area (Å²) in [7, 11) is -3.41. The van der Waals surface area contributed by atoms with Crippen LogP contribution in [0.1, 0.15) is 38.8 Å². The van der Waals surface area contributed by atoms with Crippen LogP contribution in [0.3, 0.4) is 0 Å². The lowest BCUT2D eigenvalue weighted by molar-refractivity contribution is 0.304. The topological polar surface area (TPSA) is 46.2 Å².